The number of rotatable bonds is 4. The summed E-state index contributed by atoms with van der Waals surface area (Å²) in [5.41, 5.74) is 3.75. The normalized spacial score (nSPS) is 9.76. The minimum absolute atomic E-state index is 0.224. The van der Waals surface area contributed by atoms with Crippen molar-refractivity contribution in [2.24, 2.45) is 0 Å². The molecule has 0 N–H and O–H groups in total. The standard InChI is InChI=1S/C14H17NO2/c1-4-11-6-10(8-14(16)17-3)7-12(9-15)13(11)5-2/h6-7H,4-5,8H2,1-3H3. The number of nitriles is 1. The van der Waals surface area contributed by atoms with Crippen molar-refractivity contribution in [1.29, 1.82) is 5.26 Å². The largest absolute Gasteiger partial charge is 0.469 e. The van der Waals surface area contributed by atoms with Crippen LogP contribution in [0, 0.1) is 11.3 Å². The number of hydrogen-bond donors (Lipinski definition) is 0. The van der Waals surface area contributed by atoms with Crippen molar-refractivity contribution in [2.45, 2.75) is 33.1 Å². The number of benzene rings is 1. The molecule has 3 heteroatoms. The molecule has 0 fully saturated rings. The highest BCUT2D eigenvalue weighted by Gasteiger charge is 2.10. The summed E-state index contributed by atoms with van der Waals surface area (Å²) < 4.78 is 4.64. The molecule has 0 saturated carbocycles. The Kier molecular flexibility index (Phi) is 4.71. The van der Waals surface area contributed by atoms with Gasteiger partial charge in [-0.3, -0.25) is 4.79 Å². The van der Waals surface area contributed by atoms with Crippen LogP contribution in [0.4, 0.5) is 0 Å². The predicted molar refractivity (Wildman–Crippen MR) is 65.6 cm³/mol. The molecule has 0 atom stereocenters. The first-order valence-corrected chi connectivity index (χ1v) is 5.77. The zero-order valence-electron chi connectivity index (χ0n) is 10.5. The number of aryl methyl sites for hydroxylation is 1. The van der Waals surface area contributed by atoms with Crippen LogP contribution in [0.5, 0.6) is 0 Å². The number of esters is 1. The van der Waals surface area contributed by atoms with Crippen LogP contribution >= 0.6 is 0 Å². The topological polar surface area (TPSA) is 50.1 Å². The molecule has 3 nitrogen and oxygen atoms in total. The maximum atomic E-state index is 11.2. The SMILES string of the molecule is CCc1cc(CC(=O)OC)cc(C#N)c1CC. The maximum Gasteiger partial charge on any atom is 0.309 e. The van der Waals surface area contributed by atoms with E-state index in [1.165, 1.54) is 7.11 Å². The van der Waals surface area contributed by atoms with E-state index in [1.54, 1.807) is 6.07 Å². The molecule has 0 heterocycles. The Balaban J connectivity index is 3.19. The van der Waals surface area contributed by atoms with Gasteiger partial charge in [0.2, 0.25) is 0 Å². The van der Waals surface area contributed by atoms with Crippen molar-refractivity contribution in [3.63, 3.8) is 0 Å². The van der Waals surface area contributed by atoms with E-state index < -0.39 is 0 Å². The summed E-state index contributed by atoms with van der Waals surface area (Å²) in [6.45, 7) is 4.09. The highest BCUT2D eigenvalue weighted by Crippen LogP contribution is 2.19. The average molecular weight is 231 g/mol. The van der Waals surface area contributed by atoms with Crippen LogP contribution in [0.2, 0.25) is 0 Å². The fraction of sp³-hybridized carbons (Fsp3) is 0.429. The summed E-state index contributed by atoms with van der Waals surface area (Å²) in [7, 11) is 1.37. The van der Waals surface area contributed by atoms with E-state index in [2.05, 4.69) is 17.7 Å². The van der Waals surface area contributed by atoms with Crippen LogP contribution < -0.4 is 0 Å². The Bertz CT molecular complexity index is 458. The van der Waals surface area contributed by atoms with Crippen LogP contribution in [-0.4, -0.2) is 13.1 Å². The van der Waals surface area contributed by atoms with Gasteiger partial charge in [0.05, 0.1) is 25.2 Å². The lowest BCUT2D eigenvalue weighted by Crippen LogP contribution is -2.06. The Morgan fingerprint density at radius 2 is 2.06 bits per heavy atom. The molecule has 0 unspecified atom stereocenters. The third-order valence-corrected chi connectivity index (χ3v) is 2.83. The van der Waals surface area contributed by atoms with Gasteiger partial charge in [0.15, 0.2) is 0 Å². The van der Waals surface area contributed by atoms with Gasteiger partial charge in [-0.15, -0.1) is 0 Å². The van der Waals surface area contributed by atoms with Gasteiger partial charge >= 0.3 is 5.97 Å². The van der Waals surface area contributed by atoms with Crippen LogP contribution in [0.15, 0.2) is 12.1 Å². The molecule has 0 radical (unpaired) electrons. The van der Waals surface area contributed by atoms with Crippen molar-refractivity contribution in [1.82, 2.24) is 0 Å². The van der Waals surface area contributed by atoms with Gasteiger partial charge in [0.25, 0.3) is 0 Å². The maximum absolute atomic E-state index is 11.2. The molecule has 0 amide bonds. The van der Waals surface area contributed by atoms with Crippen LogP contribution in [0.3, 0.4) is 0 Å². The Morgan fingerprint density at radius 1 is 1.35 bits per heavy atom. The van der Waals surface area contributed by atoms with Crippen molar-refractivity contribution in [3.8, 4) is 6.07 Å². The number of carbonyl (C=O) groups is 1. The molecule has 0 aromatic heterocycles. The molecule has 0 bridgehead atoms. The van der Waals surface area contributed by atoms with Crippen molar-refractivity contribution in [3.05, 3.63) is 34.4 Å². The van der Waals surface area contributed by atoms with E-state index in [0.717, 1.165) is 29.5 Å². The van der Waals surface area contributed by atoms with Gasteiger partial charge in [-0.2, -0.15) is 5.26 Å². The monoisotopic (exact) mass is 231 g/mol. The van der Waals surface area contributed by atoms with E-state index in [4.69, 9.17) is 5.26 Å². The quantitative estimate of drug-likeness (QED) is 0.748. The summed E-state index contributed by atoms with van der Waals surface area (Å²) in [6, 6.07) is 5.98. The van der Waals surface area contributed by atoms with Gasteiger partial charge in [0.1, 0.15) is 0 Å². The first-order valence-electron chi connectivity index (χ1n) is 5.77. The second-order valence-corrected chi connectivity index (χ2v) is 3.85. The Morgan fingerprint density at radius 3 is 2.53 bits per heavy atom. The lowest BCUT2D eigenvalue weighted by molar-refractivity contribution is -0.139. The second kappa shape index (κ2) is 6.05. The second-order valence-electron chi connectivity index (χ2n) is 3.85. The molecule has 0 spiro atoms. The minimum atomic E-state index is -0.278. The highest BCUT2D eigenvalue weighted by atomic mass is 16.5. The summed E-state index contributed by atoms with van der Waals surface area (Å²) in [6.07, 6.45) is 1.93. The molecule has 1 aromatic carbocycles. The van der Waals surface area contributed by atoms with E-state index in [-0.39, 0.29) is 12.4 Å². The molecule has 0 aliphatic carbocycles. The molecule has 0 aliphatic rings. The summed E-state index contributed by atoms with van der Waals surface area (Å²) >= 11 is 0. The highest BCUT2D eigenvalue weighted by molar-refractivity contribution is 5.72. The summed E-state index contributed by atoms with van der Waals surface area (Å²) in [5.74, 6) is -0.278. The fourth-order valence-electron chi connectivity index (χ4n) is 1.97. The molecule has 0 aliphatic heterocycles. The van der Waals surface area contributed by atoms with Crippen molar-refractivity contribution in [2.75, 3.05) is 7.11 Å². The lowest BCUT2D eigenvalue weighted by Gasteiger charge is -2.10. The Labute approximate surface area is 102 Å². The number of methoxy groups -OCH3 is 1. The van der Waals surface area contributed by atoms with Crippen molar-refractivity contribution < 1.29 is 9.53 Å². The van der Waals surface area contributed by atoms with E-state index in [0.29, 0.717) is 5.56 Å². The van der Waals surface area contributed by atoms with Gasteiger partial charge in [-0.05, 0) is 35.6 Å². The molecule has 0 saturated heterocycles. The smallest absolute Gasteiger partial charge is 0.309 e. The fourth-order valence-corrected chi connectivity index (χ4v) is 1.97. The lowest BCUT2D eigenvalue weighted by atomic mass is 9.94. The molecule has 1 aromatic rings. The number of carbonyl (C=O) groups excluding carboxylic acids is 1. The van der Waals surface area contributed by atoms with Crippen LogP contribution in [-0.2, 0) is 28.8 Å². The van der Waals surface area contributed by atoms with Gasteiger partial charge in [0, 0.05) is 0 Å². The average Bonchev–Trinajstić information content (AvgIpc) is 2.37. The van der Waals surface area contributed by atoms with E-state index >= 15 is 0 Å². The molecular formula is C14H17NO2. The zero-order chi connectivity index (χ0) is 12.8. The molecule has 17 heavy (non-hydrogen) atoms. The zero-order valence-corrected chi connectivity index (χ0v) is 10.5. The van der Waals surface area contributed by atoms with E-state index in [9.17, 15) is 4.79 Å². The summed E-state index contributed by atoms with van der Waals surface area (Å²) in [4.78, 5) is 11.2. The van der Waals surface area contributed by atoms with Gasteiger partial charge in [-0.1, -0.05) is 19.9 Å². The van der Waals surface area contributed by atoms with E-state index in [1.807, 2.05) is 13.0 Å². The first-order chi connectivity index (χ1) is 8.15. The Hall–Kier alpha value is -1.82. The third kappa shape index (κ3) is 3.07. The van der Waals surface area contributed by atoms with Gasteiger partial charge < -0.3 is 4.74 Å². The molecular weight excluding hydrogens is 214 g/mol. The molecule has 1 rings (SSSR count). The first kappa shape index (κ1) is 13.2. The molecule has 90 valence electrons. The third-order valence-electron chi connectivity index (χ3n) is 2.83. The number of hydrogen-bond acceptors (Lipinski definition) is 3. The number of ether oxygens (including phenoxy) is 1. The summed E-state index contributed by atoms with van der Waals surface area (Å²) in [5, 5.41) is 9.12. The van der Waals surface area contributed by atoms with Crippen LogP contribution in [0.1, 0.15) is 36.1 Å². The van der Waals surface area contributed by atoms with Crippen LogP contribution in [0.25, 0.3) is 0 Å². The van der Waals surface area contributed by atoms with Gasteiger partial charge in [-0.25, -0.2) is 0 Å². The van der Waals surface area contributed by atoms with Crippen molar-refractivity contribution >= 4 is 5.97 Å². The minimum Gasteiger partial charge on any atom is -0.469 e. The number of nitrogens with zero attached hydrogens (tertiary/aromatic N) is 1. The predicted octanol–water partition coefficient (Wildman–Crippen LogP) is 2.40.